The van der Waals surface area contributed by atoms with Crippen molar-refractivity contribution in [3.05, 3.63) is 50.1 Å². The van der Waals surface area contributed by atoms with Gasteiger partial charge in [-0.15, -0.1) is 0 Å². The summed E-state index contributed by atoms with van der Waals surface area (Å²) in [4.78, 5) is 43.9. The minimum absolute atomic E-state index is 0.216. The average molecular weight is 326 g/mol. The first-order chi connectivity index (χ1) is 10.8. The Morgan fingerprint density at radius 1 is 1.04 bits per heavy atom. The zero-order valence-corrected chi connectivity index (χ0v) is 12.3. The number of hydrogen-bond acceptors (Lipinski definition) is 8. The number of benzene rings is 1. The second-order valence-electron chi connectivity index (χ2n) is 4.49. The molecule has 0 saturated carbocycles. The summed E-state index contributed by atoms with van der Waals surface area (Å²) in [5.74, 6) is -4.69. The van der Waals surface area contributed by atoms with Gasteiger partial charge in [-0.25, -0.2) is 0 Å². The van der Waals surface area contributed by atoms with Gasteiger partial charge in [0, 0.05) is 17.1 Å². The lowest BCUT2D eigenvalue weighted by molar-refractivity contribution is -0.484. The minimum atomic E-state index is -1.54. The summed E-state index contributed by atoms with van der Waals surface area (Å²) in [5, 5.41) is 21.5. The fourth-order valence-electron chi connectivity index (χ4n) is 2.09. The molecule has 0 heterocycles. The van der Waals surface area contributed by atoms with E-state index >= 15 is 0 Å². The van der Waals surface area contributed by atoms with Crippen LogP contribution in [0.4, 0.5) is 5.69 Å². The van der Waals surface area contributed by atoms with E-state index in [4.69, 9.17) is 0 Å². The van der Waals surface area contributed by atoms with Crippen LogP contribution in [0.15, 0.2) is 24.3 Å². The molecule has 0 N–H and O–H groups in total. The molecule has 0 spiro atoms. The molecule has 0 saturated heterocycles. The predicted octanol–water partition coefficient (Wildman–Crippen LogP) is 0.917. The van der Waals surface area contributed by atoms with Crippen molar-refractivity contribution in [1.82, 2.24) is 0 Å². The van der Waals surface area contributed by atoms with Crippen LogP contribution in [0.1, 0.15) is 11.5 Å². The van der Waals surface area contributed by atoms with Crippen molar-refractivity contribution in [3.8, 4) is 0 Å². The third kappa shape index (κ3) is 4.46. The van der Waals surface area contributed by atoms with Crippen LogP contribution in [0.25, 0.3) is 0 Å². The number of carbonyl (C=O) groups excluding carboxylic acids is 2. The Morgan fingerprint density at radius 3 is 1.87 bits per heavy atom. The highest BCUT2D eigenvalue weighted by Gasteiger charge is 2.40. The first-order valence-corrected chi connectivity index (χ1v) is 6.33. The van der Waals surface area contributed by atoms with Crippen LogP contribution in [-0.2, 0) is 19.1 Å². The Hall–Kier alpha value is -3.04. The Kier molecular flexibility index (Phi) is 6.13. The molecule has 124 valence electrons. The average Bonchev–Trinajstić information content (AvgIpc) is 2.53. The Morgan fingerprint density at radius 2 is 1.52 bits per heavy atom. The summed E-state index contributed by atoms with van der Waals surface area (Å²) in [6.45, 7) is -0.743. The zero-order chi connectivity index (χ0) is 17.6. The Balaban J connectivity index is 3.29. The fourth-order valence-corrected chi connectivity index (χ4v) is 2.09. The van der Waals surface area contributed by atoms with Gasteiger partial charge in [-0.3, -0.25) is 29.8 Å². The topological polar surface area (TPSA) is 139 Å². The maximum atomic E-state index is 11.8. The third-order valence-electron chi connectivity index (χ3n) is 3.19. The van der Waals surface area contributed by atoms with E-state index < -0.39 is 40.2 Å². The Bertz CT molecular complexity index is 597. The summed E-state index contributed by atoms with van der Waals surface area (Å²) in [6, 6.07) is 4.78. The molecule has 0 bridgehead atoms. The lowest BCUT2D eigenvalue weighted by atomic mass is 9.85. The highest BCUT2D eigenvalue weighted by Crippen LogP contribution is 2.29. The number of hydrogen-bond donors (Lipinski definition) is 0. The lowest BCUT2D eigenvalue weighted by Crippen LogP contribution is -2.35. The number of esters is 2. The number of nitrogens with zero attached hydrogens (tertiary/aromatic N) is 2. The third-order valence-corrected chi connectivity index (χ3v) is 3.19. The van der Waals surface area contributed by atoms with E-state index in [1.165, 1.54) is 12.1 Å². The van der Waals surface area contributed by atoms with Crippen molar-refractivity contribution in [2.45, 2.75) is 5.92 Å². The van der Waals surface area contributed by atoms with Gasteiger partial charge in [0.2, 0.25) is 6.54 Å². The van der Waals surface area contributed by atoms with Crippen LogP contribution in [-0.4, -0.2) is 42.5 Å². The second-order valence-corrected chi connectivity index (χ2v) is 4.49. The highest BCUT2D eigenvalue weighted by molar-refractivity contribution is 5.96. The molecular formula is C13H14N2O8. The molecule has 0 aliphatic heterocycles. The zero-order valence-electron chi connectivity index (χ0n) is 12.3. The SMILES string of the molecule is COC(=O)C(C(=O)OC)[C@H](C[N+](=O)[O-])c1ccc([N+](=O)[O-])cc1. The summed E-state index contributed by atoms with van der Waals surface area (Å²) in [5.41, 5.74) is -0.00520. The summed E-state index contributed by atoms with van der Waals surface area (Å²) in [7, 11) is 2.08. The van der Waals surface area contributed by atoms with Gasteiger partial charge in [0.1, 0.15) is 0 Å². The van der Waals surface area contributed by atoms with Gasteiger partial charge in [-0.1, -0.05) is 12.1 Å². The van der Waals surface area contributed by atoms with Crippen LogP contribution < -0.4 is 0 Å². The van der Waals surface area contributed by atoms with Crippen molar-refractivity contribution in [3.63, 3.8) is 0 Å². The number of ether oxygens (including phenoxy) is 2. The smallest absolute Gasteiger partial charge is 0.320 e. The summed E-state index contributed by atoms with van der Waals surface area (Å²) < 4.78 is 9.02. The van der Waals surface area contributed by atoms with Crippen LogP contribution in [0.3, 0.4) is 0 Å². The molecule has 1 rings (SSSR count). The molecule has 0 aliphatic carbocycles. The molecule has 23 heavy (non-hydrogen) atoms. The second kappa shape index (κ2) is 7.82. The van der Waals surface area contributed by atoms with E-state index in [1.54, 1.807) is 0 Å². The molecule has 0 aromatic heterocycles. The quantitative estimate of drug-likeness (QED) is 0.312. The van der Waals surface area contributed by atoms with Gasteiger partial charge in [-0.05, 0) is 5.56 Å². The van der Waals surface area contributed by atoms with Crippen LogP contribution >= 0.6 is 0 Å². The summed E-state index contributed by atoms with van der Waals surface area (Å²) in [6.07, 6.45) is 0. The van der Waals surface area contributed by atoms with Gasteiger partial charge in [0.05, 0.1) is 25.1 Å². The van der Waals surface area contributed by atoms with Crippen LogP contribution in [0.2, 0.25) is 0 Å². The first kappa shape index (κ1) is 18.0. The molecule has 1 atom stereocenters. The van der Waals surface area contributed by atoms with Crippen LogP contribution in [0.5, 0.6) is 0 Å². The van der Waals surface area contributed by atoms with E-state index in [1.807, 2.05) is 0 Å². The molecule has 0 radical (unpaired) electrons. The molecule has 0 aliphatic rings. The molecule has 0 unspecified atom stereocenters. The van der Waals surface area contributed by atoms with Gasteiger partial charge >= 0.3 is 11.9 Å². The van der Waals surface area contributed by atoms with E-state index in [2.05, 4.69) is 9.47 Å². The summed E-state index contributed by atoms with van der Waals surface area (Å²) >= 11 is 0. The number of carbonyl (C=O) groups is 2. The molecule has 10 nitrogen and oxygen atoms in total. The number of nitro groups is 2. The first-order valence-electron chi connectivity index (χ1n) is 6.33. The fraction of sp³-hybridized carbons (Fsp3) is 0.385. The van der Waals surface area contributed by atoms with Gasteiger partial charge in [0.15, 0.2) is 5.92 Å². The number of non-ortho nitro benzene ring substituents is 1. The highest BCUT2D eigenvalue weighted by atomic mass is 16.6. The predicted molar refractivity (Wildman–Crippen MR) is 75.2 cm³/mol. The minimum Gasteiger partial charge on any atom is -0.468 e. The maximum absolute atomic E-state index is 11.8. The van der Waals surface area contributed by atoms with Crippen LogP contribution in [0, 0.1) is 26.1 Å². The van der Waals surface area contributed by atoms with E-state index in [0.29, 0.717) is 0 Å². The monoisotopic (exact) mass is 326 g/mol. The van der Waals surface area contributed by atoms with Gasteiger partial charge in [0.25, 0.3) is 5.69 Å². The van der Waals surface area contributed by atoms with E-state index in [-0.39, 0.29) is 11.3 Å². The van der Waals surface area contributed by atoms with Crippen molar-refractivity contribution in [2.75, 3.05) is 20.8 Å². The van der Waals surface area contributed by atoms with E-state index in [0.717, 1.165) is 26.4 Å². The van der Waals surface area contributed by atoms with Crippen molar-refractivity contribution in [1.29, 1.82) is 0 Å². The lowest BCUT2D eigenvalue weighted by Gasteiger charge is -2.20. The standard InChI is InChI=1S/C13H14N2O8/c1-22-12(16)11(13(17)23-2)10(7-14(18)19)8-3-5-9(6-4-8)15(20)21/h3-6,10-11H,7H2,1-2H3/t10-/m1/s1. The molecule has 1 aromatic rings. The Labute approximate surface area is 130 Å². The largest absolute Gasteiger partial charge is 0.468 e. The number of methoxy groups -OCH3 is 2. The van der Waals surface area contributed by atoms with Crippen molar-refractivity contribution in [2.24, 2.45) is 5.92 Å². The normalized spacial score (nSPS) is 11.6. The van der Waals surface area contributed by atoms with Gasteiger partial charge < -0.3 is 9.47 Å². The molecule has 0 fully saturated rings. The molecule has 0 amide bonds. The van der Waals surface area contributed by atoms with E-state index in [9.17, 15) is 29.8 Å². The maximum Gasteiger partial charge on any atom is 0.320 e. The van der Waals surface area contributed by atoms with Crippen molar-refractivity contribution < 1.29 is 28.9 Å². The van der Waals surface area contributed by atoms with Crippen molar-refractivity contribution >= 4 is 17.6 Å². The molecule has 10 heteroatoms. The number of rotatable bonds is 7. The van der Waals surface area contributed by atoms with Gasteiger partial charge in [-0.2, -0.15) is 0 Å². The number of nitro benzene ring substituents is 1. The molecular weight excluding hydrogens is 312 g/mol. The molecule has 1 aromatic carbocycles.